The van der Waals surface area contributed by atoms with E-state index in [9.17, 15) is 14.4 Å². The standard InChI is InChI=1S/C52H100O6/c1-7-47(5)39-33-27-21-18-19-22-29-35-41-50(53)56-44-49(45-57-51(54)42-36-30-25-24-28-34-40-48(6)8-2)58-52(55)43-37-31-23-17-15-13-11-9-10-12-14-16-20-26-32-38-46(3)4/h46-49H,7-45H2,1-6H3/t47?,48?,49-/m1/s1. The van der Waals surface area contributed by atoms with Crippen molar-refractivity contribution in [1.29, 1.82) is 0 Å². The average Bonchev–Trinajstić information content (AvgIpc) is 3.21. The summed E-state index contributed by atoms with van der Waals surface area (Å²) in [6.45, 7) is 13.7. The fourth-order valence-corrected chi connectivity index (χ4v) is 7.70. The van der Waals surface area contributed by atoms with Crippen molar-refractivity contribution >= 4 is 17.9 Å². The van der Waals surface area contributed by atoms with Crippen LogP contribution < -0.4 is 0 Å². The summed E-state index contributed by atoms with van der Waals surface area (Å²) >= 11 is 0. The molecule has 0 aromatic heterocycles. The van der Waals surface area contributed by atoms with Gasteiger partial charge in [0.25, 0.3) is 0 Å². The number of rotatable bonds is 45. The summed E-state index contributed by atoms with van der Waals surface area (Å²) in [5.74, 6) is 1.65. The second-order valence-corrected chi connectivity index (χ2v) is 18.8. The minimum Gasteiger partial charge on any atom is -0.462 e. The Labute approximate surface area is 361 Å². The van der Waals surface area contributed by atoms with Crippen LogP contribution in [0.25, 0.3) is 0 Å². The number of hydrogen-bond donors (Lipinski definition) is 0. The topological polar surface area (TPSA) is 78.9 Å². The first-order valence-electron chi connectivity index (χ1n) is 25.7. The SMILES string of the molecule is CCC(C)CCCCCCCCCCC(=O)OC[C@H](COC(=O)CCCCCCCCC(C)CC)OC(=O)CCCCCCCCCCCCCCCCCC(C)C. The second-order valence-electron chi connectivity index (χ2n) is 18.8. The highest BCUT2D eigenvalue weighted by molar-refractivity contribution is 5.71. The van der Waals surface area contributed by atoms with Gasteiger partial charge in [0.2, 0.25) is 0 Å². The molecular weight excluding hydrogens is 721 g/mol. The van der Waals surface area contributed by atoms with Crippen LogP contribution in [0.5, 0.6) is 0 Å². The van der Waals surface area contributed by atoms with E-state index in [2.05, 4.69) is 41.5 Å². The molecule has 6 nitrogen and oxygen atoms in total. The van der Waals surface area contributed by atoms with Gasteiger partial charge in [-0.25, -0.2) is 0 Å². The molecule has 3 atom stereocenters. The number of ether oxygens (including phenoxy) is 3. The van der Waals surface area contributed by atoms with E-state index in [4.69, 9.17) is 14.2 Å². The Hall–Kier alpha value is -1.59. The molecule has 0 saturated heterocycles. The van der Waals surface area contributed by atoms with Crippen LogP contribution in [-0.4, -0.2) is 37.2 Å². The lowest BCUT2D eigenvalue weighted by Crippen LogP contribution is -2.30. The van der Waals surface area contributed by atoms with Crippen LogP contribution in [0.2, 0.25) is 0 Å². The van der Waals surface area contributed by atoms with Crippen molar-refractivity contribution in [3.8, 4) is 0 Å². The fourth-order valence-electron chi connectivity index (χ4n) is 7.70. The molecule has 0 aliphatic rings. The Bertz CT molecular complexity index is 902. The van der Waals surface area contributed by atoms with Crippen molar-refractivity contribution in [3.63, 3.8) is 0 Å². The zero-order valence-corrected chi connectivity index (χ0v) is 39.8. The molecular formula is C52H100O6. The molecule has 0 aliphatic heterocycles. The van der Waals surface area contributed by atoms with Crippen LogP contribution >= 0.6 is 0 Å². The Balaban J connectivity index is 4.29. The lowest BCUT2D eigenvalue weighted by molar-refractivity contribution is -0.167. The third-order valence-corrected chi connectivity index (χ3v) is 12.4. The lowest BCUT2D eigenvalue weighted by Gasteiger charge is -2.18. The van der Waals surface area contributed by atoms with E-state index in [-0.39, 0.29) is 31.1 Å². The van der Waals surface area contributed by atoms with Crippen LogP contribution in [0, 0.1) is 17.8 Å². The monoisotopic (exact) mass is 821 g/mol. The Morgan fingerprint density at radius 2 is 0.603 bits per heavy atom. The molecule has 0 amide bonds. The molecule has 58 heavy (non-hydrogen) atoms. The Morgan fingerprint density at radius 1 is 0.345 bits per heavy atom. The van der Waals surface area contributed by atoms with E-state index in [0.717, 1.165) is 75.5 Å². The molecule has 0 rings (SSSR count). The van der Waals surface area contributed by atoms with Gasteiger partial charge >= 0.3 is 17.9 Å². The first kappa shape index (κ1) is 56.4. The van der Waals surface area contributed by atoms with Gasteiger partial charge in [-0.05, 0) is 37.0 Å². The number of hydrogen-bond acceptors (Lipinski definition) is 6. The van der Waals surface area contributed by atoms with Crippen LogP contribution in [0.1, 0.15) is 279 Å². The van der Waals surface area contributed by atoms with E-state index < -0.39 is 6.10 Å². The zero-order valence-electron chi connectivity index (χ0n) is 39.8. The van der Waals surface area contributed by atoms with Crippen molar-refractivity contribution in [2.75, 3.05) is 13.2 Å². The largest absolute Gasteiger partial charge is 0.462 e. The van der Waals surface area contributed by atoms with Gasteiger partial charge in [0, 0.05) is 19.3 Å². The number of unbranched alkanes of at least 4 members (excludes halogenated alkanes) is 26. The first-order valence-corrected chi connectivity index (χ1v) is 25.7. The van der Waals surface area contributed by atoms with Gasteiger partial charge in [-0.1, -0.05) is 241 Å². The van der Waals surface area contributed by atoms with E-state index in [1.807, 2.05) is 0 Å². The molecule has 6 heteroatoms. The molecule has 0 N–H and O–H groups in total. The maximum Gasteiger partial charge on any atom is 0.306 e. The minimum absolute atomic E-state index is 0.0659. The predicted molar refractivity (Wildman–Crippen MR) is 247 cm³/mol. The van der Waals surface area contributed by atoms with Crippen LogP contribution in [-0.2, 0) is 28.6 Å². The quantitative estimate of drug-likeness (QED) is 0.0346. The maximum atomic E-state index is 12.8. The molecule has 0 fully saturated rings. The molecule has 0 aromatic carbocycles. The normalized spacial score (nSPS) is 13.1. The van der Waals surface area contributed by atoms with E-state index in [1.165, 1.54) is 161 Å². The first-order chi connectivity index (χ1) is 28.2. The Kier molecular flexibility index (Phi) is 42.3. The molecule has 0 radical (unpaired) electrons. The summed E-state index contributed by atoms with van der Waals surface area (Å²) in [5.41, 5.74) is 0. The van der Waals surface area contributed by atoms with E-state index in [1.54, 1.807) is 0 Å². The van der Waals surface area contributed by atoms with Gasteiger partial charge in [0.15, 0.2) is 6.10 Å². The lowest BCUT2D eigenvalue weighted by atomic mass is 9.99. The van der Waals surface area contributed by atoms with Crippen molar-refractivity contribution in [2.24, 2.45) is 17.8 Å². The summed E-state index contributed by atoms with van der Waals surface area (Å²) in [6.07, 6.45) is 42.3. The smallest absolute Gasteiger partial charge is 0.306 e. The Morgan fingerprint density at radius 3 is 0.897 bits per heavy atom. The molecule has 0 heterocycles. The highest BCUT2D eigenvalue weighted by atomic mass is 16.6. The molecule has 344 valence electrons. The highest BCUT2D eigenvalue weighted by Crippen LogP contribution is 2.18. The van der Waals surface area contributed by atoms with Crippen molar-refractivity contribution < 1.29 is 28.6 Å². The highest BCUT2D eigenvalue weighted by Gasteiger charge is 2.19. The molecule has 0 spiro atoms. The van der Waals surface area contributed by atoms with Gasteiger partial charge in [0.1, 0.15) is 13.2 Å². The van der Waals surface area contributed by atoms with Gasteiger partial charge in [-0.15, -0.1) is 0 Å². The summed E-state index contributed by atoms with van der Waals surface area (Å²) < 4.78 is 16.8. The average molecular weight is 821 g/mol. The zero-order chi connectivity index (χ0) is 42.7. The summed E-state index contributed by atoms with van der Waals surface area (Å²) in [5, 5.41) is 0. The fraction of sp³-hybridized carbons (Fsp3) is 0.942. The van der Waals surface area contributed by atoms with Crippen molar-refractivity contribution in [2.45, 2.75) is 285 Å². The van der Waals surface area contributed by atoms with Crippen LogP contribution in [0.15, 0.2) is 0 Å². The van der Waals surface area contributed by atoms with Gasteiger partial charge in [0.05, 0.1) is 0 Å². The predicted octanol–water partition coefficient (Wildman–Crippen LogP) is 16.4. The summed E-state index contributed by atoms with van der Waals surface area (Å²) in [6, 6.07) is 0. The third kappa shape index (κ3) is 42.5. The van der Waals surface area contributed by atoms with Crippen molar-refractivity contribution in [1.82, 2.24) is 0 Å². The minimum atomic E-state index is -0.763. The van der Waals surface area contributed by atoms with Gasteiger partial charge in [-0.2, -0.15) is 0 Å². The van der Waals surface area contributed by atoms with Gasteiger partial charge in [-0.3, -0.25) is 14.4 Å². The summed E-state index contributed by atoms with van der Waals surface area (Å²) in [7, 11) is 0. The molecule has 0 aromatic rings. The maximum absolute atomic E-state index is 12.8. The third-order valence-electron chi connectivity index (χ3n) is 12.4. The van der Waals surface area contributed by atoms with Crippen LogP contribution in [0.4, 0.5) is 0 Å². The van der Waals surface area contributed by atoms with E-state index in [0.29, 0.717) is 19.3 Å². The van der Waals surface area contributed by atoms with Crippen LogP contribution in [0.3, 0.4) is 0 Å². The van der Waals surface area contributed by atoms with E-state index >= 15 is 0 Å². The molecule has 0 bridgehead atoms. The molecule has 2 unspecified atom stereocenters. The summed E-state index contributed by atoms with van der Waals surface area (Å²) in [4.78, 5) is 37.9. The number of esters is 3. The van der Waals surface area contributed by atoms with Gasteiger partial charge < -0.3 is 14.2 Å². The molecule has 0 aliphatic carbocycles. The number of carbonyl (C=O) groups excluding carboxylic acids is 3. The number of carbonyl (C=O) groups is 3. The second kappa shape index (κ2) is 43.5. The molecule has 0 saturated carbocycles. The van der Waals surface area contributed by atoms with Crippen molar-refractivity contribution in [3.05, 3.63) is 0 Å².